The quantitative estimate of drug-likeness (QED) is 0.797. The molecule has 2 aromatic carbocycles. The normalized spacial score (nSPS) is 9.96. The lowest BCUT2D eigenvalue weighted by Gasteiger charge is -2.11. The Hall–Kier alpha value is -3.15. The Bertz CT molecular complexity index is 756. The summed E-state index contributed by atoms with van der Waals surface area (Å²) in [6.45, 7) is 1.14. The van der Waals surface area contributed by atoms with Gasteiger partial charge in [-0.15, -0.1) is 0 Å². The second kappa shape index (κ2) is 7.22. The maximum absolute atomic E-state index is 12.4. The molecule has 2 aromatic rings. The molecule has 0 aliphatic heterocycles. The van der Waals surface area contributed by atoms with Crippen molar-refractivity contribution in [1.29, 1.82) is 0 Å². The summed E-state index contributed by atoms with van der Waals surface area (Å²) in [4.78, 5) is 34.6. The van der Waals surface area contributed by atoms with Gasteiger partial charge in [0.2, 0.25) is 0 Å². The summed E-state index contributed by atoms with van der Waals surface area (Å²) in [5.41, 5.74) is 6.30. The van der Waals surface area contributed by atoms with Crippen molar-refractivity contribution in [2.24, 2.45) is 5.73 Å². The summed E-state index contributed by atoms with van der Waals surface area (Å²) in [6.07, 6.45) is 0. The molecule has 0 fully saturated rings. The van der Waals surface area contributed by atoms with Crippen LogP contribution in [0.4, 0.5) is 5.69 Å². The number of Topliss-reactive ketones (excluding diaryl/α,β-unsaturated/α-hetero) is 1. The van der Waals surface area contributed by atoms with Crippen molar-refractivity contribution in [3.8, 4) is 5.75 Å². The number of ether oxygens (including phenoxy) is 1. The minimum atomic E-state index is -0.630. The number of carbonyl (C=O) groups is 3. The lowest BCUT2D eigenvalue weighted by molar-refractivity contribution is -0.119. The number of carbonyl (C=O) groups excluding carboxylic acids is 3. The molecule has 0 spiro atoms. The Morgan fingerprint density at radius 2 is 1.83 bits per heavy atom. The van der Waals surface area contributed by atoms with Crippen LogP contribution >= 0.6 is 0 Å². The summed E-state index contributed by atoms with van der Waals surface area (Å²) in [6, 6.07) is 13.1. The molecule has 0 saturated heterocycles. The summed E-state index contributed by atoms with van der Waals surface area (Å²) < 4.78 is 5.23. The van der Waals surface area contributed by atoms with Gasteiger partial charge in [0.05, 0.1) is 5.56 Å². The first-order valence-electron chi connectivity index (χ1n) is 6.90. The number of amides is 2. The topological polar surface area (TPSA) is 98.5 Å². The first-order chi connectivity index (χ1) is 11.0. The van der Waals surface area contributed by atoms with E-state index >= 15 is 0 Å². The van der Waals surface area contributed by atoms with Crippen LogP contribution in [-0.2, 0) is 4.79 Å². The second-order valence-corrected chi connectivity index (χ2v) is 4.84. The third kappa shape index (κ3) is 4.41. The van der Waals surface area contributed by atoms with Gasteiger partial charge in [-0.25, -0.2) is 0 Å². The van der Waals surface area contributed by atoms with Gasteiger partial charge in [0, 0.05) is 11.3 Å². The van der Waals surface area contributed by atoms with Crippen molar-refractivity contribution in [1.82, 2.24) is 0 Å². The summed E-state index contributed by atoms with van der Waals surface area (Å²) >= 11 is 0. The van der Waals surface area contributed by atoms with Crippen LogP contribution < -0.4 is 15.8 Å². The van der Waals surface area contributed by atoms with E-state index < -0.39 is 11.8 Å². The fourth-order valence-electron chi connectivity index (χ4n) is 1.94. The Labute approximate surface area is 133 Å². The number of anilines is 1. The standard InChI is InChI=1S/C17H16N2O4/c1-11(20)12-5-4-6-13(9-12)19-17(22)14-7-2-3-8-15(14)23-10-16(18)21/h2-9H,10H2,1H3,(H2,18,21)(H,19,22). The zero-order valence-electron chi connectivity index (χ0n) is 12.5. The van der Waals surface area contributed by atoms with Crippen LogP contribution in [0.15, 0.2) is 48.5 Å². The highest BCUT2D eigenvalue weighted by molar-refractivity contribution is 6.06. The van der Waals surface area contributed by atoms with E-state index in [0.717, 1.165) is 0 Å². The molecule has 118 valence electrons. The molecule has 3 N–H and O–H groups in total. The van der Waals surface area contributed by atoms with Gasteiger partial charge in [0.15, 0.2) is 12.4 Å². The average molecular weight is 312 g/mol. The number of hydrogen-bond acceptors (Lipinski definition) is 4. The van der Waals surface area contributed by atoms with Crippen molar-refractivity contribution in [3.63, 3.8) is 0 Å². The maximum Gasteiger partial charge on any atom is 0.259 e. The van der Waals surface area contributed by atoms with E-state index in [0.29, 0.717) is 11.3 Å². The Kier molecular flexibility index (Phi) is 5.09. The molecule has 2 amide bonds. The molecule has 0 aromatic heterocycles. The molecule has 0 radical (unpaired) electrons. The van der Waals surface area contributed by atoms with E-state index in [1.807, 2.05) is 0 Å². The number of nitrogens with two attached hydrogens (primary N) is 1. The van der Waals surface area contributed by atoms with Crippen LogP contribution in [0.5, 0.6) is 5.75 Å². The fraction of sp³-hybridized carbons (Fsp3) is 0.118. The third-order valence-electron chi connectivity index (χ3n) is 3.03. The summed E-state index contributed by atoms with van der Waals surface area (Å²) in [5, 5.41) is 2.69. The van der Waals surface area contributed by atoms with Gasteiger partial charge in [-0.2, -0.15) is 0 Å². The van der Waals surface area contributed by atoms with Gasteiger partial charge in [-0.3, -0.25) is 14.4 Å². The second-order valence-electron chi connectivity index (χ2n) is 4.84. The zero-order chi connectivity index (χ0) is 16.8. The molecule has 0 aliphatic carbocycles. The van der Waals surface area contributed by atoms with E-state index in [1.165, 1.54) is 6.92 Å². The van der Waals surface area contributed by atoms with E-state index in [4.69, 9.17) is 10.5 Å². The zero-order valence-corrected chi connectivity index (χ0v) is 12.5. The number of benzene rings is 2. The van der Waals surface area contributed by atoms with Gasteiger partial charge in [0.25, 0.3) is 11.8 Å². The monoisotopic (exact) mass is 312 g/mol. The largest absolute Gasteiger partial charge is 0.483 e. The Balaban J connectivity index is 2.19. The summed E-state index contributed by atoms with van der Waals surface area (Å²) in [5.74, 6) is -0.877. The third-order valence-corrected chi connectivity index (χ3v) is 3.03. The molecule has 2 rings (SSSR count). The minimum Gasteiger partial charge on any atom is -0.483 e. The first kappa shape index (κ1) is 16.2. The highest BCUT2D eigenvalue weighted by Crippen LogP contribution is 2.20. The van der Waals surface area contributed by atoms with E-state index in [2.05, 4.69) is 5.32 Å². The Morgan fingerprint density at radius 1 is 1.09 bits per heavy atom. The van der Waals surface area contributed by atoms with Gasteiger partial charge in [-0.1, -0.05) is 24.3 Å². The number of ketones is 1. The van der Waals surface area contributed by atoms with E-state index in [1.54, 1.807) is 48.5 Å². The van der Waals surface area contributed by atoms with Crippen LogP contribution in [0.3, 0.4) is 0 Å². The molecule has 6 heteroatoms. The van der Waals surface area contributed by atoms with Crippen molar-refractivity contribution >= 4 is 23.3 Å². The van der Waals surface area contributed by atoms with Crippen LogP contribution in [0.2, 0.25) is 0 Å². The van der Waals surface area contributed by atoms with Gasteiger partial charge < -0.3 is 15.8 Å². The van der Waals surface area contributed by atoms with Crippen molar-refractivity contribution < 1.29 is 19.1 Å². The van der Waals surface area contributed by atoms with Crippen LogP contribution in [0, 0.1) is 0 Å². The van der Waals surface area contributed by atoms with E-state index in [-0.39, 0.29) is 23.7 Å². The van der Waals surface area contributed by atoms with Gasteiger partial charge in [-0.05, 0) is 31.2 Å². The number of nitrogens with one attached hydrogen (secondary N) is 1. The maximum atomic E-state index is 12.4. The molecule has 0 atom stereocenters. The lowest BCUT2D eigenvalue weighted by Crippen LogP contribution is -2.21. The van der Waals surface area contributed by atoms with Gasteiger partial charge in [0.1, 0.15) is 5.75 Å². The molecule has 6 nitrogen and oxygen atoms in total. The predicted molar refractivity (Wildman–Crippen MR) is 85.5 cm³/mol. The highest BCUT2D eigenvalue weighted by atomic mass is 16.5. The van der Waals surface area contributed by atoms with Crippen LogP contribution in [0.1, 0.15) is 27.6 Å². The number of para-hydroxylation sites is 1. The molecule has 0 bridgehead atoms. The number of hydrogen-bond donors (Lipinski definition) is 2. The molecule has 0 unspecified atom stereocenters. The Morgan fingerprint density at radius 3 is 2.52 bits per heavy atom. The van der Waals surface area contributed by atoms with Crippen LogP contribution in [-0.4, -0.2) is 24.2 Å². The average Bonchev–Trinajstić information content (AvgIpc) is 2.53. The molecular weight excluding hydrogens is 296 g/mol. The number of rotatable bonds is 6. The molecule has 0 aliphatic rings. The first-order valence-corrected chi connectivity index (χ1v) is 6.90. The lowest BCUT2D eigenvalue weighted by atomic mass is 10.1. The predicted octanol–water partition coefficient (Wildman–Crippen LogP) is 2.01. The van der Waals surface area contributed by atoms with Crippen molar-refractivity contribution in [2.75, 3.05) is 11.9 Å². The fourth-order valence-corrected chi connectivity index (χ4v) is 1.94. The minimum absolute atomic E-state index is 0.0914. The van der Waals surface area contributed by atoms with Gasteiger partial charge >= 0.3 is 0 Å². The molecular formula is C17H16N2O4. The highest BCUT2D eigenvalue weighted by Gasteiger charge is 2.13. The van der Waals surface area contributed by atoms with Crippen molar-refractivity contribution in [3.05, 3.63) is 59.7 Å². The SMILES string of the molecule is CC(=O)c1cccc(NC(=O)c2ccccc2OCC(N)=O)c1. The number of primary amides is 1. The molecule has 23 heavy (non-hydrogen) atoms. The summed E-state index contributed by atoms with van der Waals surface area (Å²) in [7, 11) is 0. The molecule has 0 heterocycles. The molecule has 0 saturated carbocycles. The van der Waals surface area contributed by atoms with Crippen molar-refractivity contribution in [2.45, 2.75) is 6.92 Å². The smallest absolute Gasteiger partial charge is 0.259 e. The van der Waals surface area contributed by atoms with Crippen LogP contribution in [0.25, 0.3) is 0 Å². The van der Waals surface area contributed by atoms with E-state index in [9.17, 15) is 14.4 Å².